The molecule has 0 spiro atoms. The van der Waals surface area contributed by atoms with E-state index in [1.54, 1.807) is 24.4 Å². The number of phenolic OH excluding ortho intramolecular Hbond substituents is 1. The van der Waals surface area contributed by atoms with Gasteiger partial charge in [-0.3, -0.25) is 4.79 Å². The molecule has 1 aromatic carbocycles. The molecule has 2 N–H and O–H groups in total. The van der Waals surface area contributed by atoms with Crippen molar-refractivity contribution in [3.8, 4) is 5.75 Å². The van der Waals surface area contributed by atoms with Gasteiger partial charge in [0.15, 0.2) is 0 Å². The normalized spacial score (nSPS) is 9.94. The molecule has 0 saturated carbocycles. The van der Waals surface area contributed by atoms with Crippen molar-refractivity contribution in [2.45, 2.75) is 0 Å². The van der Waals surface area contributed by atoms with Gasteiger partial charge < -0.3 is 10.4 Å². The van der Waals surface area contributed by atoms with Crippen LogP contribution in [0.25, 0.3) is 0 Å². The Morgan fingerprint density at radius 3 is 2.76 bits per heavy atom. The van der Waals surface area contributed by atoms with Crippen molar-refractivity contribution < 1.29 is 9.90 Å². The number of halogens is 1. The molecule has 5 heteroatoms. The second-order valence-electron chi connectivity index (χ2n) is 3.37. The van der Waals surface area contributed by atoms with E-state index < -0.39 is 0 Å². The maximum Gasteiger partial charge on any atom is 0.256 e. The summed E-state index contributed by atoms with van der Waals surface area (Å²) in [5.74, 6) is 0.251. The summed E-state index contributed by atoms with van der Waals surface area (Å²) in [7, 11) is 0. The predicted molar refractivity (Wildman–Crippen MR) is 73.0 cm³/mol. The highest BCUT2D eigenvalue weighted by Crippen LogP contribution is 2.13. The molecule has 1 aromatic heterocycles. The van der Waals surface area contributed by atoms with Crippen molar-refractivity contribution in [1.29, 1.82) is 0 Å². The third-order valence-corrected chi connectivity index (χ3v) is 2.72. The maximum absolute atomic E-state index is 11.8. The SMILES string of the molecule is O=C(Nc1ccc(I)cn1)c1cccc(O)c1. The number of nitrogens with one attached hydrogen (secondary N) is 1. The lowest BCUT2D eigenvalue weighted by molar-refractivity contribution is 0.102. The maximum atomic E-state index is 11.8. The quantitative estimate of drug-likeness (QED) is 0.827. The minimum Gasteiger partial charge on any atom is -0.508 e. The first-order valence-electron chi connectivity index (χ1n) is 4.87. The largest absolute Gasteiger partial charge is 0.508 e. The zero-order valence-corrected chi connectivity index (χ0v) is 10.9. The Kier molecular flexibility index (Phi) is 3.58. The van der Waals surface area contributed by atoms with Gasteiger partial charge in [0, 0.05) is 15.3 Å². The fourth-order valence-electron chi connectivity index (χ4n) is 1.29. The number of carbonyl (C=O) groups is 1. The number of rotatable bonds is 2. The van der Waals surface area contributed by atoms with Crippen LogP contribution in [0.4, 0.5) is 5.82 Å². The lowest BCUT2D eigenvalue weighted by Crippen LogP contribution is -2.12. The van der Waals surface area contributed by atoms with E-state index in [1.807, 2.05) is 6.07 Å². The molecule has 0 aliphatic heterocycles. The fraction of sp³-hybridized carbons (Fsp3) is 0. The van der Waals surface area contributed by atoms with E-state index in [0.717, 1.165) is 3.57 Å². The molecule has 17 heavy (non-hydrogen) atoms. The van der Waals surface area contributed by atoms with Crippen LogP contribution in [0.1, 0.15) is 10.4 Å². The Balaban J connectivity index is 2.14. The molecule has 0 aliphatic carbocycles. The standard InChI is InChI=1S/C12H9IN2O2/c13-9-4-5-11(14-7-9)15-12(17)8-2-1-3-10(16)6-8/h1-7,16H,(H,14,15,17). The number of aromatic hydroxyl groups is 1. The van der Waals surface area contributed by atoms with Crippen LogP contribution >= 0.6 is 22.6 Å². The van der Waals surface area contributed by atoms with Crippen LogP contribution in [0.15, 0.2) is 42.6 Å². The Morgan fingerprint density at radius 1 is 1.29 bits per heavy atom. The van der Waals surface area contributed by atoms with Gasteiger partial charge in [-0.1, -0.05) is 6.07 Å². The lowest BCUT2D eigenvalue weighted by atomic mass is 10.2. The topological polar surface area (TPSA) is 62.2 Å². The molecule has 0 saturated heterocycles. The molecule has 0 atom stereocenters. The third kappa shape index (κ3) is 3.16. The number of nitrogens with zero attached hydrogens (tertiary/aromatic N) is 1. The number of hydrogen-bond donors (Lipinski definition) is 2. The van der Waals surface area contributed by atoms with Crippen molar-refractivity contribution in [2.24, 2.45) is 0 Å². The summed E-state index contributed by atoms with van der Waals surface area (Å²) in [6.07, 6.45) is 1.67. The zero-order valence-electron chi connectivity index (χ0n) is 8.72. The summed E-state index contributed by atoms with van der Waals surface area (Å²) in [6, 6.07) is 9.74. The summed E-state index contributed by atoms with van der Waals surface area (Å²) in [4.78, 5) is 15.9. The van der Waals surface area contributed by atoms with Gasteiger partial charge in [0.1, 0.15) is 11.6 Å². The van der Waals surface area contributed by atoms with Gasteiger partial charge in [0.25, 0.3) is 5.91 Å². The van der Waals surface area contributed by atoms with Crippen molar-refractivity contribution in [1.82, 2.24) is 4.98 Å². The molecule has 0 bridgehead atoms. The van der Waals surface area contributed by atoms with Crippen LogP contribution < -0.4 is 5.32 Å². The van der Waals surface area contributed by atoms with Gasteiger partial charge in [-0.05, 0) is 52.9 Å². The van der Waals surface area contributed by atoms with E-state index in [4.69, 9.17) is 0 Å². The number of benzene rings is 1. The molecule has 1 heterocycles. The van der Waals surface area contributed by atoms with Crippen LogP contribution in [0.5, 0.6) is 5.75 Å². The van der Waals surface area contributed by atoms with E-state index in [-0.39, 0.29) is 11.7 Å². The molecule has 86 valence electrons. The van der Waals surface area contributed by atoms with Gasteiger partial charge in [-0.15, -0.1) is 0 Å². The number of carbonyl (C=O) groups excluding carboxylic acids is 1. The highest BCUT2D eigenvalue weighted by atomic mass is 127. The predicted octanol–water partition coefficient (Wildman–Crippen LogP) is 2.64. The first-order chi connectivity index (χ1) is 8.15. The molecular weight excluding hydrogens is 331 g/mol. The van der Waals surface area contributed by atoms with E-state index >= 15 is 0 Å². The van der Waals surface area contributed by atoms with Gasteiger partial charge >= 0.3 is 0 Å². The summed E-state index contributed by atoms with van der Waals surface area (Å²) >= 11 is 2.14. The van der Waals surface area contributed by atoms with Gasteiger partial charge in [0.05, 0.1) is 0 Å². The minimum absolute atomic E-state index is 0.0632. The van der Waals surface area contributed by atoms with E-state index in [0.29, 0.717) is 11.4 Å². The third-order valence-electron chi connectivity index (χ3n) is 2.08. The number of hydrogen-bond acceptors (Lipinski definition) is 3. The molecule has 0 aliphatic rings. The molecule has 1 amide bonds. The van der Waals surface area contributed by atoms with Crippen LogP contribution in [-0.4, -0.2) is 16.0 Å². The Labute approximate surface area is 112 Å². The smallest absolute Gasteiger partial charge is 0.256 e. The number of pyridine rings is 1. The number of aromatic nitrogens is 1. The van der Waals surface area contributed by atoms with E-state index in [2.05, 4.69) is 32.9 Å². The van der Waals surface area contributed by atoms with E-state index in [1.165, 1.54) is 12.1 Å². The first kappa shape index (κ1) is 11.8. The van der Waals surface area contributed by atoms with Crippen LogP contribution in [0, 0.1) is 3.57 Å². The first-order valence-corrected chi connectivity index (χ1v) is 5.95. The van der Waals surface area contributed by atoms with Crippen molar-refractivity contribution in [3.05, 3.63) is 51.7 Å². The van der Waals surface area contributed by atoms with Crippen molar-refractivity contribution in [2.75, 3.05) is 5.32 Å². The second kappa shape index (κ2) is 5.13. The number of phenols is 1. The molecule has 0 fully saturated rings. The average molecular weight is 340 g/mol. The van der Waals surface area contributed by atoms with Crippen LogP contribution in [-0.2, 0) is 0 Å². The lowest BCUT2D eigenvalue weighted by Gasteiger charge is -2.04. The Morgan fingerprint density at radius 2 is 2.12 bits per heavy atom. The summed E-state index contributed by atoms with van der Waals surface area (Å²) < 4.78 is 0.998. The van der Waals surface area contributed by atoms with Gasteiger partial charge in [-0.25, -0.2) is 4.98 Å². The monoisotopic (exact) mass is 340 g/mol. The number of anilines is 1. The second-order valence-corrected chi connectivity index (χ2v) is 4.61. The van der Waals surface area contributed by atoms with E-state index in [9.17, 15) is 9.90 Å². The van der Waals surface area contributed by atoms with Gasteiger partial charge in [0.2, 0.25) is 0 Å². The zero-order chi connectivity index (χ0) is 12.3. The average Bonchev–Trinajstić information content (AvgIpc) is 2.32. The molecule has 0 unspecified atom stereocenters. The Hall–Kier alpha value is -1.63. The molecule has 2 rings (SSSR count). The molecule has 4 nitrogen and oxygen atoms in total. The molecular formula is C12H9IN2O2. The molecule has 0 radical (unpaired) electrons. The van der Waals surface area contributed by atoms with Gasteiger partial charge in [-0.2, -0.15) is 0 Å². The minimum atomic E-state index is -0.297. The number of amides is 1. The summed E-state index contributed by atoms with van der Waals surface area (Å²) in [5, 5.41) is 11.9. The highest BCUT2D eigenvalue weighted by molar-refractivity contribution is 14.1. The summed E-state index contributed by atoms with van der Waals surface area (Å²) in [5.41, 5.74) is 0.394. The fourth-order valence-corrected chi connectivity index (χ4v) is 1.60. The summed E-state index contributed by atoms with van der Waals surface area (Å²) in [6.45, 7) is 0. The highest BCUT2D eigenvalue weighted by Gasteiger charge is 2.06. The van der Waals surface area contributed by atoms with Crippen molar-refractivity contribution in [3.63, 3.8) is 0 Å². The molecule has 2 aromatic rings. The van der Waals surface area contributed by atoms with Crippen molar-refractivity contribution >= 4 is 34.3 Å². The Bertz CT molecular complexity index is 540. The van der Waals surface area contributed by atoms with Crippen LogP contribution in [0.3, 0.4) is 0 Å². The van der Waals surface area contributed by atoms with Crippen LogP contribution in [0.2, 0.25) is 0 Å².